The van der Waals surface area contributed by atoms with Crippen molar-refractivity contribution in [2.75, 3.05) is 10.5 Å². The molecule has 0 saturated carbocycles. The lowest BCUT2D eigenvalue weighted by Crippen LogP contribution is -2.29. The third-order valence-corrected chi connectivity index (χ3v) is 4.61. The van der Waals surface area contributed by atoms with Crippen molar-refractivity contribution in [1.82, 2.24) is 9.97 Å². The van der Waals surface area contributed by atoms with Crippen LogP contribution in [0.3, 0.4) is 0 Å². The van der Waals surface area contributed by atoms with E-state index < -0.39 is 21.1 Å². The first-order chi connectivity index (χ1) is 9.25. The van der Waals surface area contributed by atoms with Gasteiger partial charge in [0.15, 0.2) is 0 Å². The Morgan fingerprint density at radius 1 is 1.20 bits per heavy atom. The molecule has 20 heavy (non-hydrogen) atoms. The molecule has 0 spiro atoms. The molecule has 108 valence electrons. The van der Waals surface area contributed by atoms with Gasteiger partial charge in [-0.2, -0.15) is 0 Å². The zero-order valence-corrected chi connectivity index (χ0v) is 12.4. The van der Waals surface area contributed by atoms with Crippen LogP contribution in [-0.4, -0.2) is 24.1 Å². The van der Waals surface area contributed by atoms with Gasteiger partial charge in [0, 0.05) is 0 Å². The molecule has 0 aliphatic heterocycles. The summed E-state index contributed by atoms with van der Waals surface area (Å²) in [6, 6.07) is 1.32. The third-order valence-electron chi connectivity index (χ3n) is 2.55. The molecule has 0 bridgehead atoms. The number of halogens is 2. The molecule has 7 nitrogen and oxygen atoms in total. The molecule has 0 amide bonds. The third kappa shape index (κ3) is 2.67. The van der Waals surface area contributed by atoms with E-state index in [4.69, 9.17) is 23.2 Å². The van der Waals surface area contributed by atoms with Crippen molar-refractivity contribution in [1.29, 1.82) is 0 Å². The van der Waals surface area contributed by atoms with Crippen LogP contribution in [0.1, 0.15) is 6.92 Å². The van der Waals surface area contributed by atoms with E-state index in [1.165, 1.54) is 13.0 Å². The van der Waals surface area contributed by atoms with Gasteiger partial charge in [0.1, 0.15) is 0 Å². The van der Waals surface area contributed by atoms with E-state index in [2.05, 4.69) is 14.7 Å². The predicted molar refractivity (Wildman–Crippen MR) is 78.3 cm³/mol. The van der Waals surface area contributed by atoms with Crippen molar-refractivity contribution < 1.29 is 8.42 Å². The van der Waals surface area contributed by atoms with Crippen LogP contribution in [0.25, 0.3) is 11.0 Å². The molecule has 0 atom stereocenters. The highest BCUT2D eigenvalue weighted by Crippen LogP contribution is 2.35. The lowest BCUT2D eigenvalue weighted by Gasteiger charge is -2.12. The van der Waals surface area contributed by atoms with E-state index in [0.717, 1.165) is 0 Å². The fourth-order valence-electron chi connectivity index (χ4n) is 1.53. The molecule has 1 heterocycles. The number of aromatic amines is 2. The number of sulfonamides is 1. The van der Waals surface area contributed by atoms with Gasteiger partial charge in [-0.15, -0.1) is 0 Å². The summed E-state index contributed by atoms with van der Waals surface area (Å²) in [7, 11) is -3.63. The number of rotatable bonds is 3. The number of anilines is 1. The highest BCUT2D eigenvalue weighted by molar-refractivity contribution is 7.92. The van der Waals surface area contributed by atoms with Crippen molar-refractivity contribution in [3.8, 4) is 0 Å². The smallest absolute Gasteiger partial charge is 0.314 e. The number of aromatic nitrogens is 2. The van der Waals surface area contributed by atoms with E-state index in [9.17, 15) is 18.0 Å². The maximum absolute atomic E-state index is 11.7. The molecule has 10 heteroatoms. The summed E-state index contributed by atoms with van der Waals surface area (Å²) in [4.78, 5) is 27.2. The van der Waals surface area contributed by atoms with Gasteiger partial charge in [0.05, 0.1) is 32.5 Å². The quantitative estimate of drug-likeness (QED) is 0.732. The van der Waals surface area contributed by atoms with Crippen molar-refractivity contribution in [3.63, 3.8) is 0 Å². The van der Waals surface area contributed by atoms with Crippen LogP contribution in [0.4, 0.5) is 5.69 Å². The first-order valence-electron chi connectivity index (χ1n) is 5.40. The zero-order chi connectivity index (χ0) is 15.1. The summed E-state index contributed by atoms with van der Waals surface area (Å²) in [6.07, 6.45) is 0. The minimum atomic E-state index is -3.63. The molecular formula is C10H9Cl2N3O4S. The Hall–Kier alpha value is -1.51. The second-order valence-electron chi connectivity index (χ2n) is 3.88. The first kappa shape index (κ1) is 14.9. The van der Waals surface area contributed by atoms with Gasteiger partial charge in [-0.25, -0.2) is 8.42 Å². The maximum atomic E-state index is 11.7. The number of benzene rings is 1. The molecule has 2 aromatic rings. The van der Waals surface area contributed by atoms with Gasteiger partial charge < -0.3 is 9.97 Å². The molecule has 2 rings (SSSR count). The molecule has 3 N–H and O–H groups in total. The van der Waals surface area contributed by atoms with E-state index in [1.807, 2.05) is 0 Å². The van der Waals surface area contributed by atoms with Gasteiger partial charge in [-0.3, -0.25) is 14.3 Å². The Bertz CT molecular complexity index is 901. The van der Waals surface area contributed by atoms with Crippen molar-refractivity contribution in [2.45, 2.75) is 6.92 Å². The maximum Gasteiger partial charge on any atom is 0.314 e. The Morgan fingerprint density at radius 2 is 1.80 bits per heavy atom. The first-order valence-corrected chi connectivity index (χ1v) is 7.80. The fourth-order valence-corrected chi connectivity index (χ4v) is 2.64. The summed E-state index contributed by atoms with van der Waals surface area (Å²) in [5.74, 6) is -0.190. The highest BCUT2D eigenvalue weighted by atomic mass is 35.5. The van der Waals surface area contributed by atoms with Gasteiger partial charge in [0.2, 0.25) is 10.0 Å². The SMILES string of the molecule is CCS(=O)(=O)Nc1c(Cl)c(Cl)cc2[nH]c(=O)c(=O)[nH]c12. The topological polar surface area (TPSA) is 112 Å². The molecule has 0 saturated heterocycles. The predicted octanol–water partition coefficient (Wildman–Crippen LogP) is 1.28. The fraction of sp³-hybridized carbons (Fsp3) is 0.200. The average molecular weight is 338 g/mol. The highest BCUT2D eigenvalue weighted by Gasteiger charge is 2.17. The number of hydrogen-bond donors (Lipinski definition) is 3. The van der Waals surface area contributed by atoms with Gasteiger partial charge >= 0.3 is 11.1 Å². The van der Waals surface area contributed by atoms with Gasteiger partial charge in [-0.05, 0) is 13.0 Å². The van der Waals surface area contributed by atoms with Crippen LogP contribution in [0.15, 0.2) is 15.7 Å². The number of fused-ring (bicyclic) bond motifs is 1. The second-order valence-corrected chi connectivity index (χ2v) is 6.68. The molecule has 0 fully saturated rings. The van der Waals surface area contributed by atoms with Crippen LogP contribution in [0.2, 0.25) is 10.0 Å². The Kier molecular flexibility index (Phi) is 3.81. The average Bonchev–Trinajstić information content (AvgIpc) is 2.38. The summed E-state index contributed by atoms with van der Waals surface area (Å²) < 4.78 is 25.5. The Labute approximate surface area is 123 Å². The standard InChI is InChI=1S/C10H9Cl2N3O4S/c1-2-20(18,19)15-8-6(12)4(11)3-5-7(8)14-10(17)9(16)13-5/h3,15H,2H2,1H3,(H,13,16)(H,14,17). The Balaban J connectivity index is 2.87. The van der Waals surface area contributed by atoms with Crippen LogP contribution in [0.5, 0.6) is 0 Å². The lowest BCUT2D eigenvalue weighted by atomic mass is 10.2. The molecule has 0 radical (unpaired) electrons. The summed E-state index contributed by atoms with van der Waals surface area (Å²) in [5, 5.41) is -0.0328. The minimum absolute atomic E-state index is 0.0377. The molecule has 1 aromatic carbocycles. The van der Waals surface area contributed by atoms with Crippen LogP contribution >= 0.6 is 23.2 Å². The molecule has 1 aromatic heterocycles. The minimum Gasteiger partial charge on any atom is -0.316 e. The van der Waals surface area contributed by atoms with E-state index in [0.29, 0.717) is 0 Å². The molecule has 0 unspecified atom stereocenters. The summed E-state index contributed by atoms with van der Waals surface area (Å²) >= 11 is 11.8. The number of H-pyrrole nitrogens is 2. The van der Waals surface area contributed by atoms with Gasteiger partial charge in [0.25, 0.3) is 0 Å². The normalized spacial score (nSPS) is 11.8. The monoisotopic (exact) mass is 337 g/mol. The van der Waals surface area contributed by atoms with Crippen LogP contribution in [-0.2, 0) is 10.0 Å². The van der Waals surface area contributed by atoms with E-state index in [1.54, 1.807) is 0 Å². The molecule has 0 aliphatic rings. The van der Waals surface area contributed by atoms with Gasteiger partial charge in [-0.1, -0.05) is 23.2 Å². The van der Waals surface area contributed by atoms with Crippen LogP contribution in [0, 0.1) is 0 Å². The van der Waals surface area contributed by atoms with Crippen LogP contribution < -0.4 is 15.8 Å². The van der Waals surface area contributed by atoms with Crippen molar-refractivity contribution in [2.24, 2.45) is 0 Å². The zero-order valence-electron chi connectivity index (χ0n) is 10.1. The number of nitrogens with one attached hydrogen (secondary N) is 3. The Morgan fingerprint density at radius 3 is 2.40 bits per heavy atom. The summed E-state index contributed by atoms with van der Waals surface area (Å²) in [5.41, 5.74) is -1.66. The van der Waals surface area contributed by atoms with E-state index in [-0.39, 0.29) is 32.5 Å². The largest absolute Gasteiger partial charge is 0.316 e. The van der Waals surface area contributed by atoms with E-state index >= 15 is 0 Å². The van der Waals surface area contributed by atoms with Crippen molar-refractivity contribution >= 4 is 49.9 Å². The number of hydrogen-bond acceptors (Lipinski definition) is 4. The van der Waals surface area contributed by atoms with Crippen molar-refractivity contribution in [3.05, 3.63) is 36.8 Å². The molecular weight excluding hydrogens is 329 g/mol. The summed E-state index contributed by atoms with van der Waals surface area (Å²) in [6.45, 7) is 1.44. The lowest BCUT2D eigenvalue weighted by molar-refractivity contribution is 0.602. The molecule has 0 aliphatic carbocycles. The second kappa shape index (κ2) is 5.12.